The Labute approximate surface area is 146 Å². The molecular weight excluding hydrogens is 312 g/mol. The van der Waals surface area contributed by atoms with E-state index in [1.54, 1.807) is 6.21 Å². The molecule has 0 atom stereocenters. The van der Waals surface area contributed by atoms with Crippen molar-refractivity contribution in [1.82, 2.24) is 0 Å². The molecule has 0 aliphatic rings. The molecule has 3 aromatic rings. The molecule has 0 spiro atoms. The quantitative estimate of drug-likeness (QED) is 0.540. The number of hydrogen-bond acceptors (Lipinski definition) is 3. The van der Waals surface area contributed by atoms with E-state index in [0.29, 0.717) is 0 Å². The van der Waals surface area contributed by atoms with Gasteiger partial charge in [0.2, 0.25) is 0 Å². The predicted molar refractivity (Wildman–Crippen MR) is 100 cm³/mol. The van der Waals surface area contributed by atoms with E-state index < -0.39 is 0 Å². The number of nitrogens with one attached hydrogen (secondary N) is 1. The minimum atomic E-state index is -0.252. The minimum Gasteiger partial charge on any atom is -0.386 e. The van der Waals surface area contributed by atoms with Crippen LogP contribution in [0.15, 0.2) is 90.1 Å². The van der Waals surface area contributed by atoms with E-state index >= 15 is 0 Å². The molecule has 0 fully saturated rings. The number of nitrogens with zero attached hydrogens (tertiary/aromatic N) is 1. The highest BCUT2D eigenvalue weighted by atomic mass is 16.6. The van der Waals surface area contributed by atoms with Crippen LogP contribution in [-0.4, -0.2) is 18.7 Å². The van der Waals surface area contributed by atoms with Crippen LogP contribution in [0.5, 0.6) is 0 Å². The van der Waals surface area contributed by atoms with Crippen molar-refractivity contribution in [2.24, 2.45) is 5.16 Å². The summed E-state index contributed by atoms with van der Waals surface area (Å²) >= 11 is 0. The second-order valence-electron chi connectivity index (χ2n) is 5.41. The van der Waals surface area contributed by atoms with E-state index in [1.807, 2.05) is 84.9 Å². The van der Waals surface area contributed by atoms with Crippen LogP contribution in [-0.2, 0) is 9.63 Å². The zero-order valence-corrected chi connectivity index (χ0v) is 13.6. The smallest absolute Gasteiger partial charge is 0.265 e. The van der Waals surface area contributed by atoms with Gasteiger partial charge in [-0.15, -0.1) is 0 Å². The van der Waals surface area contributed by atoms with Crippen molar-refractivity contribution in [1.29, 1.82) is 0 Å². The second kappa shape index (κ2) is 8.45. The molecule has 0 aliphatic heterocycles. The molecule has 0 saturated carbocycles. The molecule has 0 bridgehead atoms. The van der Waals surface area contributed by atoms with Crippen LogP contribution in [0.3, 0.4) is 0 Å². The van der Waals surface area contributed by atoms with Crippen LogP contribution in [0.2, 0.25) is 0 Å². The molecular formula is C21H18N2O2. The number of rotatable bonds is 6. The number of carbonyl (C=O) groups excluding carboxylic acids is 1. The van der Waals surface area contributed by atoms with Crippen LogP contribution >= 0.6 is 0 Å². The molecule has 124 valence electrons. The zero-order valence-electron chi connectivity index (χ0n) is 13.6. The van der Waals surface area contributed by atoms with Crippen LogP contribution in [0.25, 0.3) is 11.1 Å². The van der Waals surface area contributed by atoms with Crippen molar-refractivity contribution >= 4 is 17.8 Å². The van der Waals surface area contributed by atoms with Gasteiger partial charge < -0.3 is 10.2 Å². The summed E-state index contributed by atoms with van der Waals surface area (Å²) < 4.78 is 0. The number of hydrogen-bond donors (Lipinski definition) is 1. The summed E-state index contributed by atoms with van der Waals surface area (Å²) in [5, 5.41) is 6.57. The molecule has 0 radical (unpaired) electrons. The molecule has 0 heterocycles. The first-order valence-corrected chi connectivity index (χ1v) is 7.97. The highest BCUT2D eigenvalue weighted by molar-refractivity contribution is 5.92. The van der Waals surface area contributed by atoms with Crippen molar-refractivity contribution < 1.29 is 9.63 Å². The van der Waals surface area contributed by atoms with Gasteiger partial charge >= 0.3 is 0 Å². The Hall–Kier alpha value is -3.40. The summed E-state index contributed by atoms with van der Waals surface area (Å²) in [7, 11) is 0. The summed E-state index contributed by atoms with van der Waals surface area (Å²) in [5.74, 6) is -0.252. The van der Waals surface area contributed by atoms with E-state index in [9.17, 15) is 4.79 Å². The summed E-state index contributed by atoms with van der Waals surface area (Å²) in [6.45, 7) is -0.135. The van der Waals surface area contributed by atoms with Gasteiger partial charge in [0.05, 0.1) is 6.21 Å². The maximum atomic E-state index is 11.9. The normalized spacial score (nSPS) is 10.6. The Bertz CT molecular complexity index is 829. The number of carbonyl (C=O) groups is 1. The Kier molecular flexibility index (Phi) is 5.56. The molecule has 1 N–H and O–H groups in total. The molecule has 3 aromatic carbocycles. The lowest BCUT2D eigenvalue weighted by atomic mass is 10.1. The highest BCUT2D eigenvalue weighted by Gasteiger charge is 2.03. The second-order valence-corrected chi connectivity index (χ2v) is 5.41. The number of oxime groups is 1. The van der Waals surface area contributed by atoms with E-state index in [-0.39, 0.29) is 12.5 Å². The van der Waals surface area contributed by atoms with Crippen molar-refractivity contribution in [3.8, 4) is 11.1 Å². The Morgan fingerprint density at radius 2 is 1.44 bits per heavy atom. The summed E-state index contributed by atoms with van der Waals surface area (Å²) in [6, 6.07) is 27.3. The minimum absolute atomic E-state index is 0.135. The van der Waals surface area contributed by atoms with Gasteiger partial charge in [-0.05, 0) is 28.8 Å². The van der Waals surface area contributed by atoms with E-state index in [4.69, 9.17) is 4.84 Å². The van der Waals surface area contributed by atoms with Gasteiger partial charge in [-0.1, -0.05) is 78.0 Å². The third kappa shape index (κ3) is 5.04. The molecule has 0 saturated heterocycles. The monoisotopic (exact) mass is 330 g/mol. The zero-order chi connectivity index (χ0) is 17.3. The molecule has 4 heteroatoms. The Balaban J connectivity index is 1.49. The van der Waals surface area contributed by atoms with Gasteiger partial charge in [0, 0.05) is 5.69 Å². The SMILES string of the molecule is O=C(CO/N=C\c1ccccc1)Nc1ccc(-c2ccccc2)cc1. The maximum absolute atomic E-state index is 11.9. The van der Waals surface area contributed by atoms with Crippen LogP contribution in [0.4, 0.5) is 5.69 Å². The lowest BCUT2D eigenvalue weighted by molar-refractivity contribution is -0.120. The van der Waals surface area contributed by atoms with E-state index in [1.165, 1.54) is 0 Å². The van der Waals surface area contributed by atoms with Gasteiger partial charge in [-0.3, -0.25) is 4.79 Å². The molecule has 1 amide bonds. The van der Waals surface area contributed by atoms with Gasteiger partial charge in [0.25, 0.3) is 5.91 Å². The van der Waals surface area contributed by atoms with Crippen molar-refractivity contribution in [3.63, 3.8) is 0 Å². The maximum Gasteiger partial charge on any atom is 0.265 e. The average Bonchev–Trinajstić information content (AvgIpc) is 2.67. The first-order chi connectivity index (χ1) is 12.3. The molecule has 0 aromatic heterocycles. The third-order valence-corrected chi connectivity index (χ3v) is 3.55. The molecule has 25 heavy (non-hydrogen) atoms. The van der Waals surface area contributed by atoms with Crippen LogP contribution < -0.4 is 5.32 Å². The van der Waals surface area contributed by atoms with Crippen LogP contribution in [0, 0.1) is 0 Å². The number of amides is 1. The molecule has 0 aliphatic carbocycles. The number of benzene rings is 3. The van der Waals surface area contributed by atoms with Crippen LogP contribution in [0.1, 0.15) is 5.56 Å². The predicted octanol–water partition coefficient (Wildman–Crippen LogP) is 4.34. The average molecular weight is 330 g/mol. The summed E-state index contributed by atoms with van der Waals surface area (Å²) in [6.07, 6.45) is 1.57. The highest BCUT2D eigenvalue weighted by Crippen LogP contribution is 2.20. The lowest BCUT2D eigenvalue weighted by Crippen LogP contribution is -2.16. The topological polar surface area (TPSA) is 50.7 Å². The summed E-state index contributed by atoms with van der Waals surface area (Å²) in [4.78, 5) is 16.9. The largest absolute Gasteiger partial charge is 0.386 e. The van der Waals surface area contributed by atoms with Crippen molar-refractivity contribution in [2.45, 2.75) is 0 Å². The lowest BCUT2D eigenvalue weighted by Gasteiger charge is -2.06. The third-order valence-electron chi connectivity index (χ3n) is 3.55. The first kappa shape index (κ1) is 16.5. The fourth-order valence-corrected chi connectivity index (χ4v) is 2.31. The van der Waals surface area contributed by atoms with E-state index in [2.05, 4.69) is 10.5 Å². The van der Waals surface area contributed by atoms with Crippen molar-refractivity contribution in [3.05, 3.63) is 90.5 Å². The fraction of sp³-hybridized carbons (Fsp3) is 0.0476. The number of anilines is 1. The summed E-state index contributed by atoms with van der Waals surface area (Å²) in [5.41, 5.74) is 3.88. The fourth-order valence-electron chi connectivity index (χ4n) is 2.31. The van der Waals surface area contributed by atoms with E-state index in [0.717, 1.165) is 22.4 Å². The van der Waals surface area contributed by atoms with Gasteiger partial charge in [-0.2, -0.15) is 0 Å². The van der Waals surface area contributed by atoms with Gasteiger partial charge in [0.15, 0.2) is 6.61 Å². The molecule has 3 rings (SSSR count). The van der Waals surface area contributed by atoms with Crippen molar-refractivity contribution in [2.75, 3.05) is 11.9 Å². The first-order valence-electron chi connectivity index (χ1n) is 7.97. The molecule has 0 unspecified atom stereocenters. The van der Waals surface area contributed by atoms with Gasteiger partial charge in [-0.25, -0.2) is 0 Å². The molecule has 4 nitrogen and oxygen atoms in total. The Morgan fingerprint density at radius 1 is 0.840 bits per heavy atom. The standard InChI is InChI=1S/C21H18N2O2/c24-21(16-25-22-15-17-7-3-1-4-8-17)23-20-13-11-19(12-14-20)18-9-5-2-6-10-18/h1-15H,16H2,(H,23,24)/b22-15-. The Morgan fingerprint density at radius 3 is 2.12 bits per heavy atom. The van der Waals surface area contributed by atoms with Gasteiger partial charge in [0.1, 0.15) is 0 Å².